The lowest BCUT2D eigenvalue weighted by Gasteiger charge is -2.42. The lowest BCUT2D eigenvalue weighted by molar-refractivity contribution is -0.236. The standard InChI is InChI=1S/C39H43F6N5O2/c40-38(41,42)25-49-15-13-37(14-16-49,39(43,44)45)36(52)47-28(24-51)21-26-5-3-9-32-30(26)8-4-10-34(32)35-33-7-2-1-6-31(33)27(22-46-35)23-48-17-19-50(20-18-48)29-11-12-29/h1-10,22,28-29,51H,11-21,23-25H2,(H,47,52)/t28-/m0/s1. The molecule has 2 aliphatic heterocycles. The van der Waals surface area contributed by atoms with Gasteiger partial charge in [-0.1, -0.05) is 60.7 Å². The minimum absolute atomic E-state index is 0.0400. The van der Waals surface area contributed by atoms with Gasteiger partial charge in [0.25, 0.3) is 0 Å². The van der Waals surface area contributed by atoms with Crippen molar-refractivity contribution in [2.75, 3.05) is 52.4 Å². The number of rotatable bonds is 10. The summed E-state index contributed by atoms with van der Waals surface area (Å²) in [6, 6.07) is 19.3. The quantitative estimate of drug-likeness (QED) is 0.181. The molecule has 0 radical (unpaired) electrons. The van der Waals surface area contributed by atoms with Crippen LogP contribution in [0.5, 0.6) is 0 Å². The van der Waals surface area contributed by atoms with Crippen molar-refractivity contribution in [2.24, 2.45) is 5.41 Å². The number of fused-ring (bicyclic) bond motifs is 2. The average molecular weight is 728 g/mol. The van der Waals surface area contributed by atoms with Crippen LogP contribution < -0.4 is 5.32 Å². The fourth-order valence-electron chi connectivity index (χ4n) is 8.05. The highest BCUT2D eigenvalue weighted by molar-refractivity contribution is 6.05. The predicted octanol–water partition coefficient (Wildman–Crippen LogP) is 6.56. The van der Waals surface area contributed by atoms with E-state index < -0.39 is 68.8 Å². The Bertz CT molecular complexity index is 1900. The van der Waals surface area contributed by atoms with Crippen LogP contribution in [0.4, 0.5) is 26.3 Å². The fourth-order valence-corrected chi connectivity index (χ4v) is 8.05. The summed E-state index contributed by atoms with van der Waals surface area (Å²) in [5.74, 6) is -1.33. The van der Waals surface area contributed by atoms with Crippen molar-refractivity contribution in [2.45, 2.75) is 63.1 Å². The zero-order valence-corrected chi connectivity index (χ0v) is 28.8. The van der Waals surface area contributed by atoms with Gasteiger partial charge in [-0.2, -0.15) is 26.3 Å². The van der Waals surface area contributed by atoms with E-state index >= 15 is 0 Å². The van der Waals surface area contributed by atoms with Crippen LogP contribution in [0.15, 0.2) is 66.9 Å². The molecule has 2 N–H and O–H groups in total. The highest BCUT2D eigenvalue weighted by Gasteiger charge is 2.61. The van der Waals surface area contributed by atoms with Crippen LogP contribution in [0.1, 0.15) is 36.8 Å². The van der Waals surface area contributed by atoms with Crippen molar-refractivity contribution in [1.82, 2.24) is 25.0 Å². The van der Waals surface area contributed by atoms with E-state index in [9.17, 15) is 36.2 Å². The second-order valence-corrected chi connectivity index (χ2v) is 14.6. The van der Waals surface area contributed by atoms with Gasteiger partial charge in [0, 0.05) is 55.9 Å². The van der Waals surface area contributed by atoms with E-state index in [1.54, 1.807) is 0 Å². The number of hydrogen-bond acceptors (Lipinski definition) is 6. The molecule has 3 aromatic carbocycles. The molecule has 1 atom stereocenters. The van der Waals surface area contributed by atoms with E-state index in [4.69, 9.17) is 4.98 Å². The summed E-state index contributed by atoms with van der Waals surface area (Å²) in [5, 5.41) is 16.5. The molecule has 1 amide bonds. The molecule has 0 spiro atoms. The number of hydrogen-bond donors (Lipinski definition) is 2. The van der Waals surface area contributed by atoms with Gasteiger partial charge in [-0.3, -0.25) is 24.5 Å². The number of nitrogens with one attached hydrogen (secondary N) is 1. The Morgan fingerprint density at radius 3 is 2.10 bits per heavy atom. The first-order valence-corrected chi connectivity index (χ1v) is 18.0. The maximum Gasteiger partial charge on any atom is 0.403 e. The Kier molecular flexibility index (Phi) is 10.2. The van der Waals surface area contributed by atoms with Crippen molar-refractivity contribution in [1.29, 1.82) is 0 Å². The monoisotopic (exact) mass is 727 g/mol. The number of aliphatic hydroxyl groups excluding tert-OH is 1. The molecule has 3 heterocycles. The molecule has 278 valence electrons. The van der Waals surface area contributed by atoms with Gasteiger partial charge in [0.2, 0.25) is 5.91 Å². The van der Waals surface area contributed by atoms with Crippen LogP contribution in [0.2, 0.25) is 0 Å². The van der Waals surface area contributed by atoms with Crippen molar-refractivity contribution in [3.63, 3.8) is 0 Å². The summed E-state index contributed by atoms with van der Waals surface area (Å²) in [6.45, 7) is 2.00. The Morgan fingerprint density at radius 2 is 1.44 bits per heavy atom. The number of aromatic nitrogens is 1. The molecule has 0 bridgehead atoms. The van der Waals surface area contributed by atoms with Gasteiger partial charge in [0.1, 0.15) is 5.41 Å². The molecule has 3 fully saturated rings. The third-order valence-electron chi connectivity index (χ3n) is 11.1. The Labute approximate surface area is 298 Å². The number of piperazine rings is 1. The SMILES string of the molecule is O=C(N[C@H](CO)Cc1cccc2c(-c3ncc(CN4CCN(C5CC5)CC4)c4ccccc34)cccc12)C1(C(F)(F)F)CCN(CC(F)(F)F)CC1. The van der Waals surface area contributed by atoms with Gasteiger partial charge in [0.15, 0.2) is 0 Å². The molecule has 7 rings (SSSR count). The first kappa shape index (κ1) is 36.6. The van der Waals surface area contributed by atoms with Gasteiger partial charge in [0.05, 0.1) is 24.9 Å². The molecule has 4 aromatic rings. The maximum absolute atomic E-state index is 14.4. The van der Waals surface area contributed by atoms with Crippen molar-refractivity contribution >= 4 is 27.5 Å². The average Bonchev–Trinajstić information content (AvgIpc) is 3.97. The smallest absolute Gasteiger partial charge is 0.394 e. The highest BCUT2D eigenvalue weighted by atomic mass is 19.4. The summed E-state index contributed by atoms with van der Waals surface area (Å²) in [6.07, 6.45) is -6.52. The molecule has 1 saturated carbocycles. The van der Waals surface area contributed by atoms with E-state index in [1.807, 2.05) is 54.7 Å². The highest BCUT2D eigenvalue weighted by Crippen LogP contribution is 2.47. The summed E-state index contributed by atoms with van der Waals surface area (Å²) >= 11 is 0. The van der Waals surface area contributed by atoms with Gasteiger partial charge in [-0.05, 0) is 72.5 Å². The topological polar surface area (TPSA) is 71.9 Å². The van der Waals surface area contributed by atoms with Crippen LogP contribution in [-0.4, -0.2) is 108 Å². The van der Waals surface area contributed by atoms with Crippen LogP contribution in [0.25, 0.3) is 32.8 Å². The largest absolute Gasteiger partial charge is 0.403 e. The molecule has 3 aliphatic rings. The fraction of sp³-hybridized carbons (Fsp3) is 0.487. The zero-order chi connectivity index (χ0) is 36.7. The number of carbonyl (C=O) groups is 1. The lowest BCUT2D eigenvalue weighted by atomic mass is 9.76. The summed E-state index contributed by atoms with van der Waals surface area (Å²) in [4.78, 5) is 24.3. The van der Waals surface area contributed by atoms with E-state index in [0.29, 0.717) is 5.56 Å². The second kappa shape index (κ2) is 14.6. The predicted molar refractivity (Wildman–Crippen MR) is 187 cm³/mol. The number of alkyl halides is 6. The summed E-state index contributed by atoms with van der Waals surface area (Å²) in [7, 11) is 0. The van der Waals surface area contributed by atoms with Gasteiger partial charge >= 0.3 is 12.4 Å². The van der Waals surface area contributed by atoms with Crippen LogP contribution in [0, 0.1) is 5.41 Å². The van der Waals surface area contributed by atoms with Crippen LogP contribution in [0.3, 0.4) is 0 Å². The van der Waals surface area contributed by atoms with Gasteiger partial charge < -0.3 is 10.4 Å². The van der Waals surface area contributed by atoms with E-state index in [-0.39, 0.29) is 6.42 Å². The van der Waals surface area contributed by atoms with Crippen LogP contribution >= 0.6 is 0 Å². The molecular weight excluding hydrogens is 684 g/mol. The second-order valence-electron chi connectivity index (χ2n) is 14.6. The number of benzene rings is 3. The van der Waals surface area contributed by atoms with Crippen LogP contribution in [-0.2, 0) is 17.8 Å². The Morgan fingerprint density at radius 1 is 0.808 bits per heavy atom. The number of nitrogens with zero attached hydrogens (tertiary/aromatic N) is 4. The third kappa shape index (κ3) is 7.64. The number of piperidine rings is 1. The zero-order valence-electron chi connectivity index (χ0n) is 28.8. The number of carbonyl (C=O) groups excluding carboxylic acids is 1. The number of aliphatic hydroxyl groups is 1. The normalized spacial score (nSPS) is 20.0. The number of amides is 1. The maximum atomic E-state index is 14.4. The number of halogens is 6. The Balaban J connectivity index is 1.11. The first-order valence-electron chi connectivity index (χ1n) is 18.0. The molecule has 13 heteroatoms. The molecular formula is C39H43F6N5O2. The van der Waals surface area contributed by atoms with E-state index in [2.05, 4.69) is 27.2 Å². The minimum Gasteiger partial charge on any atom is -0.394 e. The summed E-state index contributed by atoms with van der Waals surface area (Å²) < 4.78 is 82.0. The van der Waals surface area contributed by atoms with Crippen molar-refractivity contribution in [3.8, 4) is 11.3 Å². The van der Waals surface area contributed by atoms with E-state index in [0.717, 1.165) is 82.0 Å². The van der Waals surface area contributed by atoms with Crippen molar-refractivity contribution in [3.05, 3.63) is 78.0 Å². The Hall–Kier alpha value is -3.78. The lowest BCUT2D eigenvalue weighted by Crippen LogP contribution is -2.59. The molecule has 2 saturated heterocycles. The third-order valence-corrected chi connectivity index (χ3v) is 11.1. The molecule has 52 heavy (non-hydrogen) atoms. The van der Waals surface area contributed by atoms with E-state index in [1.165, 1.54) is 12.8 Å². The molecule has 1 aliphatic carbocycles. The molecule has 7 nitrogen and oxygen atoms in total. The molecule has 1 aromatic heterocycles. The number of likely N-dealkylation sites (tertiary alicyclic amines) is 1. The van der Waals surface area contributed by atoms with Gasteiger partial charge in [-0.25, -0.2) is 0 Å². The minimum atomic E-state index is -4.98. The molecule has 0 unspecified atom stereocenters. The summed E-state index contributed by atoms with van der Waals surface area (Å²) in [5.41, 5.74) is 0.705. The first-order chi connectivity index (χ1) is 24.8. The number of pyridine rings is 1. The van der Waals surface area contributed by atoms with Gasteiger partial charge in [-0.15, -0.1) is 0 Å². The van der Waals surface area contributed by atoms with Crippen molar-refractivity contribution < 1.29 is 36.2 Å².